The minimum atomic E-state index is -3.51. The average molecular weight is 441 g/mol. The summed E-state index contributed by atoms with van der Waals surface area (Å²) in [7, 11) is -1.96. The minimum Gasteiger partial charge on any atom is -0.326 e. The molecule has 0 spiro atoms. The van der Waals surface area contributed by atoms with Crippen LogP contribution >= 0.6 is 0 Å². The summed E-state index contributed by atoms with van der Waals surface area (Å²) in [6.45, 7) is 1.09. The molecule has 9 heteroatoms. The van der Waals surface area contributed by atoms with Crippen molar-refractivity contribution >= 4 is 32.4 Å². The number of nitrogens with zero attached hydrogens (tertiary/aromatic N) is 3. The fourth-order valence-electron chi connectivity index (χ4n) is 3.83. The van der Waals surface area contributed by atoms with Crippen LogP contribution in [0.5, 0.6) is 0 Å². The molecule has 3 aromatic rings. The number of hydrogen-bond donors (Lipinski definition) is 1. The molecule has 1 fully saturated rings. The van der Waals surface area contributed by atoms with Crippen molar-refractivity contribution in [2.45, 2.75) is 30.6 Å². The second-order valence-corrected chi connectivity index (χ2v) is 9.57. The Morgan fingerprint density at radius 3 is 2.32 bits per heavy atom. The first-order chi connectivity index (χ1) is 14.9. The van der Waals surface area contributed by atoms with Crippen molar-refractivity contribution in [1.82, 2.24) is 14.1 Å². The second-order valence-electron chi connectivity index (χ2n) is 7.64. The molecule has 2 aromatic carbocycles. The molecule has 0 unspecified atom stereocenters. The van der Waals surface area contributed by atoms with Gasteiger partial charge in [-0.05, 0) is 43.2 Å². The molecule has 8 nitrogen and oxygen atoms in total. The Kier molecular flexibility index (Phi) is 5.88. The van der Waals surface area contributed by atoms with Gasteiger partial charge >= 0.3 is 0 Å². The van der Waals surface area contributed by atoms with Crippen LogP contribution in [-0.2, 0) is 28.3 Å². The number of sulfonamides is 1. The number of aromatic nitrogens is 2. The van der Waals surface area contributed by atoms with Crippen molar-refractivity contribution in [2.24, 2.45) is 7.05 Å². The van der Waals surface area contributed by atoms with Gasteiger partial charge in [-0.3, -0.25) is 9.59 Å². The molecule has 31 heavy (non-hydrogen) atoms. The maximum Gasteiger partial charge on any atom is 0.274 e. The Bertz CT molecular complexity index is 1280. The van der Waals surface area contributed by atoms with E-state index in [0.717, 1.165) is 19.3 Å². The van der Waals surface area contributed by atoms with Crippen molar-refractivity contribution < 1.29 is 13.2 Å². The molecule has 1 aliphatic rings. The molecule has 2 heterocycles. The van der Waals surface area contributed by atoms with E-state index >= 15 is 0 Å². The number of amides is 1. The fourth-order valence-corrected chi connectivity index (χ4v) is 5.35. The Morgan fingerprint density at radius 2 is 1.65 bits per heavy atom. The van der Waals surface area contributed by atoms with E-state index in [-0.39, 0.29) is 22.8 Å². The van der Waals surface area contributed by atoms with Gasteiger partial charge in [0.05, 0.1) is 22.4 Å². The van der Waals surface area contributed by atoms with Gasteiger partial charge in [0, 0.05) is 31.2 Å². The number of carbonyl (C=O) groups is 1. The Balaban J connectivity index is 1.49. The lowest BCUT2D eigenvalue weighted by atomic mass is 10.1. The number of hydrogen-bond acceptors (Lipinski definition) is 5. The van der Waals surface area contributed by atoms with Crippen LogP contribution in [0.1, 0.15) is 25.0 Å². The zero-order valence-corrected chi connectivity index (χ0v) is 18.1. The summed E-state index contributed by atoms with van der Waals surface area (Å²) >= 11 is 0. The summed E-state index contributed by atoms with van der Waals surface area (Å²) in [4.78, 5) is 25.0. The molecule has 0 saturated carbocycles. The van der Waals surface area contributed by atoms with Gasteiger partial charge < -0.3 is 5.32 Å². The number of aryl methyl sites for hydroxylation is 1. The van der Waals surface area contributed by atoms with Crippen molar-refractivity contribution in [3.63, 3.8) is 0 Å². The standard InChI is InChI=1S/C22H24N4O4S/c1-25-22(28)19-8-4-3-7-18(19)20(24-25)15-21(27)23-16-9-11-17(12-10-16)31(29,30)26-13-5-2-6-14-26/h3-4,7-12H,2,5-6,13-15H2,1H3,(H,23,27). The maximum absolute atomic E-state index is 12.7. The predicted octanol–water partition coefficient (Wildman–Crippen LogP) is 2.29. The molecule has 0 atom stereocenters. The summed E-state index contributed by atoms with van der Waals surface area (Å²) in [6.07, 6.45) is 2.79. The topological polar surface area (TPSA) is 101 Å². The zero-order chi connectivity index (χ0) is 22.0. The second kappa shape index (κ2) is 8.60. The van der Waals surface area contributed by atoms with Gasteiger partial charge in [-0.2, -0.15) is 9.40 Å². The quantitative estimate of drug-likeness (QED) is 0.656. The van der Waals surface area contributed by atoms with Crippen LogP contribution in [0.15, 0.2) is 58.2 Å². The first-order valence-electron chi connectivity index (χ1n) is 10.2. The lowest BCUT2D eigenvalue weighted by Gasteiger charge is -2.25. The highest BCUT2D eigenvalue weighted by Crippen LogP contribution is 2.22. The van der Waals surface area contributed by atoms with E-state index in [1.807, 2.05) is 0 Å². The lowest BCUT2D eigenvalue weighted by molar-refractivity contribution is -0.115. The summed E-state index contributed by atoms with van der Waals surface area (Å²) in [6, 6.07) is 13.2. The van der Waals surface area contributed by atoms with Crippen molar-refractivity contribution in [1.29, 1.82) is 0 Å². The van der Waals surface area contributed by atoms with Gasteiger partial charge in [0.1, 0.15) is 0 Å². The van der Waals surface area contributed by atoms with Crippen LogP contribution < -0.4 is 10.9 Å². The van der Waals surface area contributed by atoms with Crippen LogP contribution in [0.25, 0.3) is 10.8 Å². The Hall–Kier alpha value is -3.04. The largest absolute Gasteiger partial charge is 0.326 e. The highest BCUT2D eigenvalue weighted by Gasteiger charge is 2.25. The minimum absolute atomic E-state index is 0.0114. The molecule has 1 N–H and O–H groups in total. The van der Waals surface area contributed by atoms with E-state index in [1.54, 1.807) is 43.4 Å². The third-order valence-corrected chi connectivity index (χ3v) is 7.36. The normalized spacial score (nSPS) is 15.1. The summed E-state index contributed by atoms with van der Waals surface area (Å²) in [5.74, 6) is -0.303. The Morgan fingerprint density at radius 1 is 1.00 bits per heavy atom. The number of benzene rings is 2. The van der Waals surface area contributed by atoms with Gasteiger partial charge in [-0.15, -0.1) is 0 Å². The summed E-state index contributed by atoms with van der Waals surface area (Å²) < 4.78 is 28.2. The zero-order valence-electron chi connectivity index (χ0n) is 17.2. The first kappa shape index (κ1) is 21.2. The van der Waals surface area contributed by atoms with Crippen LogP contribution in [0.4, 0.5) is 5.69 Å². The van der Waals surface area contributed by atoms with Crippen LogP contribution in [0.3, 0.4) is 0 Å². The number of fused-ring (bicyclic) bond motifs is 1. The van der Waals surface area contributed by atoms with E-state index in [4.69, 9.17) is 0 Å². The highest BCUT2D eigenvalue weighted by molar-refractivity contribution is 7.89. The van der Waals surface area contributed by atoms with Gasteiger partial charge in [0.15, 0.2) is 0 Å². The van der Waals surface area contributed by atoms with Crippen molar-refractivity contribution in [3.05, 3.63) is 64.6 Å². The van der Waals surface area contributed by atoms with Gasteiger partial charge in [-0.25, -0.2) is 13.1 Å². The summed E-state index contributed by atoms with van der Waals surface area (Å²) in [5.41, 5.74) is 0.779. The fraction of sp³-hybridized carbons (Fsp3) is 0.318. The van der Waals surface area contributed by atoms with Gasteiger partial charge in [-0.1, -0.05) is 24.6 Å². The molecule has 0 aliphatic carbocycles. The molecule has 1 aromatic heterocycles. The molecule has 1 saturated heterocycles. The van der Waals surface area contributed by atoms with Crippen LogP contribution in [-0.4, -0.2) is 41.5 Å². The SMILES string of the molecule is Cn1nc(CC(=O)Nc2ccc(S(=O)(=O)N3CCCCC3)cc2)c2ccccc2c1=O. The van der Waals surface area contributed by atoms with E-state index in [2.05, 4.69) is 10.4 Å². The Labute approximate surface area is 180 Å². The van der Waals surface area contributed by atoms with Crippen LogP contribution in [0.2, 0.25) is 0 Å². The van der Waals surface area contributed by atoms with Crippen LogP contribution in [0, 0.1) is 0 Å². The highest BCUT2D eigenvalue weighted by atomic mass is 32.2. The molecule has 0 radical (unpaired) electrons. The van der Waals surface area contributed by atoms with E-state index < -0.39 is 10.0 Å². The molecule has 4 rings (SSSR count). The number of rotatable bonds is 5. The maximum atomic E-state index is 12.7. The molecular formula is C22H24N4O4S. The number of nitrogens with one attached hydrogen (secondary N) is 1. The first-order valence-corrected chi connectivity index (χ1v) is 11.7. The van der Waals surface area contributed by atoms with E-state index in [9.17, 15) is 18.0 Å². The third-order valence-electron chi connectivity index (χ3n) is 5.45. The third kappa shape index (κ3) is 4.38. The number of piperidine rings is 1. The van der Waals surface area contributed by atoms with Gasteiger partial charge in [0.25, 0.3) is 5.56 Å². The lowest BCUT2D eigenvalue weighted by Crippen LogP contribution is -2.35. The average Bonchev–Trinajstić information content (AvgIpc) is 2.78. The molecule has 162 valence electrons. The van der Waals surface area contributed by atoms with E-state index in [0.29, 0.717) is 35.2 Å². The van der Waals surface area contributed by atoms with Crippen molar-refractivity contribution in [3.8, 4) is 0 Å². The number of anilines is 1. The van der Waals surface area contributed by atoms with E-state index in [1.165, 1.54) is 21.1 Å². The smallest absolute Gasteiger partial charge is 0.274 e. The number of carbonyl (C=O) groups excluding carboxylic acids is 1. The van der Waals surface area contributed by atoms with Crippen molar-refractivity contribution in [2.75, 3.05) is 18.4 Å². The molecule has 1 amide bonds. The van der Waals surface area contributed by atoms with Gasteiger partial charge in [0.2, 0.25) is 15.9 Å². The molecule has 0 bridgehead atoms. The summed E-state index contributed by atoms with van der Waals surface area (Å²) in [5, 5.41) is 8.16. The predicted molar refractivity (Wildman–Crippen MR) is 118 cm³/mol. The molecule has 1 aliphatic heterocycles. The monoisotopic (exact) mass is 440 g/mol. The molecular weight excluding hydrogens is 416 g/mol.